The van der Waals surface area contributed by atoms with Gasteiger partial charge in [0, 0.05) is 25.4 Å². The zero-order valence-electron chi connectivity index (χ0n) is 8.29. The molecule has 1 aromatic heterocycles. The highest BCUT2D eigenvalue weighted by atomic mass is 16.1. The Hall–Kier alpha value is -1.12. The minimum atomic E-state index is 0.281. The van der Waals surface area contributed by atoms with Crippen molar-refractivity contribution in [3.8, 4) is 0 Å². The molecular weight excluding hydrogens is 164 g/mol. The maximum atomic E-state index is 11.3. The second-order valence-electron chi connectivity index (χ2n) is 3.09. The quantitative estimate of drug-likeness (QED) is 0.692. The lowest BCUT2D eigenvalue weighted by Crippen LogP contribution is -2.08. The summed E-state index contributed by atoms with van der Waals surface area (Å²) in [6.45, 7) is 4.95. The SMILES string of the molecule is CCCC(=O)Cc1nccn1CC. The molecule has 0 aliphatic carbocycles. The molecule has 0 amide bonds. The molecule has 1 aromatic rings. The molecule has 3 heteroatoms. The summed E-state index contributed by atoms with van der Waals surface area (Å²) in [5.74, 6) is 1.17. The van der Waals surface area contributed by atoms with E-state index in [1.807, 2.05) is 17.7 Å². The first-order valence-corrected chi connectivity index (χ1v) is 4.79. The maximum Gasteiger partial charge on any atom is 0.140 e. The van der Waals surface area contributed by atoms with Crippen LogP contribution >= 0.6 is 0 Å². The largest absolute Gasteiger partial charge is 0.335 e. The summed E-state index contributed by atoms with van der Waals surface area (Å²) < 4.78 is 2.01. The minimum absolute atomic E-state index is 0.281. The van der Waals surface area contributed by atoms with Crippen molar-refractivity contribution in [3.63, 3.8) is 0 Å². The normalized spacial score (nSPS) is 10.3. The molecule has 0 spiro atoms. The van der Waals surface area contributed by atoms with Crippen molar-refractivity contribution in [2.75, 3.05) is 0 Å². The Morgan fingerprint density at radius 2 is 2.31 bits per heavy atom. The van der Waals surface area contributed by atoms with Crippen LogP contribution in [-0.4, -0.2) is 15.3 Å². The van der Waals surface area contributed by atoms with E-state index < -0.39 is 0 Å². The Morgan fingerprint density at radius 1 is 1.54 bits per heavy atom. The Morgan fingerprint density at radius 3 is 2.92 bits per heavy atom. The van der Waals surface area contributed by atoms with Gasteiger partial charge in [-0.15, -0.1) is 0 Å². The number of carbonyl (C=O) groups excluding carboxylic acids is 1. The predicted molar refractivity (Wildman–Crippen MR) is 51.5 cm³/mol. The van der Waals surface area contributed by atoms with E-state index in [1.165, 1.54) is 0 Å². The van der Waals surface area contributed by atoms with Crippen LogP contribution in [0.2, 0.25) is 0 Å². The molecule has 13 heavy (non-hydrogen) atoms. The predicted octanol–water partition coefficient (Wildman–Crippen LogP) is 1.81. The van der Waals surface area contributed by atoms with Gasteiger partial charge in [-0.05, 0) is 13.3 Å². The number of rotatable bonds is 5. The van der Waals surface area contributed by atoms with E-state index in [1.54, 1.807) is 6.20 Å². The van der Waals surface area contributed by atoms with Gasteiger partial charge in [-0.1, -0.05) is 6.92 Å². The number of Topliss-reactive ketones (excluding diaryl/α,β-unsaturated/α-hetero) is 1. The summed E-state index contributed by atoms with van der Waals surface area (Å²) in [6, 6.07) is 0. The van der Waals surface area contributed by atoms with Gasteiger partial charge < -0.3 is 4.57 Å². The van der Waals surface area contributed by atoms with Crippen LogP contribution in [0, 0.1) is 0 Å². The number of imidazole rings is 1. The van der Waals surface area contributed by atoms with Gasteiger partial charge in [0.1, 0.15) is 11.6 Å². The van der Waals surface area contributed by atoms with E-state index in [2.05, 4.69) is 11.9 Å². The van der Waals surface area contributed by atoms with E-state index in [9.17, 15) is 4.79 Å². The third kappa shape index (κ3) is 2.68. The van der Waals surface area contributed by atoms with Gasteiger partial charge in [0.15, 0.2) is 0 Å². The van der Waals surface area contributed by atoms with Crippen LogP contribution in [-0.2, 0) is 17.8 Å². The van der Waals surface area contributed by atoms with Gasteiger partial charge in [0.25, 0.3) is 0 Å². The van der Waals surface area contributed by atoms with E-state index >= 15 is 0 Å². The maximum absolute atomic E-state index is 11.3. The molecule has 1 heterocycles. The van der Waals surface area contributed by atoms with Crippen LogP contribution in [0.1, 0.15) is 32.5 Å². The second-order valence-corrected chi connectivity index (χ2v) is 3.09. The fourth-order valence-electron chi connectivity index (χ4n) is 1.34. The average Bonchev–Trinajstić information content (AvgIpc) is 2.52. The van der Waals surface area contributed by atoms with Crippen molar-refractivity contribution in [1.82, 2.24) is 9.55 Å². The van der Waals surface area contributed by atoms with E-state index in [4.69, 9.17) is 0 Å². The summed E-state index contributed by atoms with van der Waals surface area (Å²) in [5.41, 5.74) is 0. The van der Waals surface area contributed by atoms with Crippen LogP contribution < -0.4 is 0 Å². The number of hydrogen-bond acceptors (Lipinski definition) is 2. The number of aryl methyl sites for hydroxylation is 1. The molecule has 0 aliphatic rings. The van der Waals surface area contributed by atoms with Crippen molar-refractivity contribution in [2.45, 2.75) is 39.7 Å². The first-order chi connectivity index (χ1) is 6.27. The first kappa shape index (κ1) is 9.96. The van der Waals surface area contributed by atoms with Gasteiger partial charge in [-0.25, -0.2) is 4.98 Å². The van der Waals surface area contributed by atoms with Gasteiger partial charge >= 0.3 is 0 Å². The molecule has 0 saturated carbocycles. The lowest BCUT2D eigenvalue weighted by atomic mass is 10.2. The van der Waals surface area contributed by atoms with Crippen LogP contribution in [0.3, 0.4) is 0 Å². The topological polar surface area (TPSA) is 34.9 Å². The first-order valence-electron chi connectivity index (χ1n) is 4.79. The molecule has 0 radical (unpaired) electrons. The zero-order valence-corrected chi connectivity index (χ0v) is 8.29. The average molecular weight is 180 g/mol. The van der Waals surface area contributed by atoms with Gasteiger partial charge in [0.05, 0.1) is 6.42 Å². The Kier molecular flexibility index (Phi) is 3.68. The third-order valence-corrected chi connectivity index (χ3v) is 2.03. The highest BCUT2D eigenvalue weighted by Crippen LogP contribution is 2.01. The monoisotopic (exact) mass is 180 g/mol. The van der Waals surface area contributed by atoms with Crippen molar-refractivity contribution in [3.05, 3.63) is 18.2 Å². The molecule has 3 nitrogen and oxygen atoms in total. The van der Waals surface area contributed by atoms with Crippen molar-refractivity contribution in [1.29, 1.82) is 0 Å². The van der Waals surface area contributed by atoms with E-state index in [0.29, 0.717) is 12.8 Å². The molecule has 72 valence electrons. The third-order valence-electron chi connectivity index (χ3n) is 2.03. The highest BCUT2D eigenvalue weighted by molar-refractivity contribution is 5.80. The van der Waals surface area contributed by atoms with Crippen LogP contribution in [0.5, 0.6) is 0 Å². The highest BCUT2D eigenvalue weighted by Gasteiger charge is 2.06. The molecule has 0 aromatic carbocycles. The van der Waals surface area contributed by atoms with Crippen molar-refractivity contribution < 1.29 is 4.79 Å². The lowest BCUT2D eigenvalue weighted by Gasteiger charge is -2.02. The van der Waals surface area contributed by atoms with Crippen molar-refractivity contribution in [2.24, 2.45) is 0 Å². The van der Waals surface area contributed by atoms with Gasteiger partial charge in [-0.2, -0.15) is 0 Å². The second kappa shape index (κ2) is 4.80. The van der Waals surface area contributed by atoms with Crippen molar-refractivity contribution >= 4 is 5.78 Å². The van der Waals surface area contributed by atoms with Crippen LogP contribution in [0.15, 0.2) is 12.4 Å². The Labute approximate surface area is 78.8 Å². The minimum Gasteiger partial charge on any atom is -0.335 e. The number of ketones is 1. The summed E-state index contributed by atoms with van der Waals surface area (Å²) in [6.07, 6.45) is 5.73. The smallest absolute Gasteiger partial charge is 0.140 e. The molecule has 0 bridgehead atoms. The number of nitrogens with zero attached hydrogens (tertiary/aromatic N) is 2. The fraction of sp³-hybridized carbons (Fsp3) is 0.600. The van der Waals surface area contributed by atoms with Gasteiger partial charge in [0.2, 0.25) is 0 Å². The molecule has 0 aliphatic heterocycles. The summed E-state index contributed by atoms with van der Waals surface area (Å²) in [7, 11) is 0. The molecule has 0 unspecified atom stereocenters. The number of hydrogen-bond donors (Lipinski definition) is 0. The van der Waals surface area contributed by atoms with Crippen LogP contribution in [0.4, 0.5) is 0 Å². The number of aromatic nitrogens is 2. The van der Waals surface area contributed by atoms with E-state index in [0.717, 1.165) is 18.8 Å². The molecule has 1 rings (SSSR count). The lowest BCUT2D eigenvalue weighted by molar-refractivity contribution is -0.118. The summed E-state index contributed by atoms with van der Waals surface area (Å²) >= 11 is 0. The Balaban J connectivity index is 2.57. The molecule has 0 fully saturated rings. The molecule has 0 N–H and O–H groups in total. The standard InChI is InChI=1S/C10H16N2O/c1-3-5-9(13)8-10-11-6-7-12(10)4-2/h6-7H,3-5,8H2,1-2H3. The molecule has 0 atom stereocenters. The molecule has 0 saturated heterocycles. The van der Waals surface area contributed by atoms with Crippen LogP contribution in [0.25, 0.3) is 0 Å². The summed E-state index contributed by atoms with van der Waals surface area (Å²) in [4.78, 5) is 15.5. The molecular formula is C10H16N2O. The Bertz CT molecular complexity index is 278. The summed E-state index contributed by atoms with van der Waals surface area (Å²) in [5, 5.41) is 0. The van der Waals surface area contributed by atoms with Gasteiger partial charge in [-0.3, -0.25) is 4.79 Å². The fourth-order valence-corrected chi connectivity index (χ4v) is 1.34. The number of carbonyl (C=O) groups is 1. The van der Waals surface area contributed by atoms with E-state index in [-0.39, 0.29) is 5.78 Å². The zero-order chi connectivity index (χ0) is 9.68.